The molecule has 2 N–H and O–H groups in total. The van der Waals surface area contributed by atoms with Crippen molar-refractivity contribution >= 4 is 10.0 Å². The molecular weight excluding hydrogens is 475 g/mol. The van der Waals surface area contributed by atoms with Crippen LogP contribution in [0.5, 0.6) is 5.75 Å². The van der Waals surface area contributed by atoms with Gasteiger partial charge in [0, 0.05) is 51.5 Å². The zero-order valence-corrected chi connectivity index (χ0v) is 19.7. The van der Waals surface area contributed by atoms with Crippen molar-refractivity contribution in [2.45, 2.75) is 35.7 Å². The molecule has 1 fully saturated rings. The van der Waals surface area contributed by atoms with Crippen LogP contribution in [0.1, 0.15) is 6.42 Å². The van der Waals surface area contributed by atoms with Crippen molar-refractivity contribution in [3.8, 4) is 16.9 Å². The number of β-amino-alcohol motifs (C(OH)–C–C–N with tert-alkyl or cyclic N) is 1. The second-order valence-corrected chi connectivity index (χ2v) is 10.6. The van der Waals surface area contributed by atoms with E-state index < -0.39 is 34.8 Å². The van der Waals surface area contributed by atoms with Crippen molar-refractivity contribution in [3.05, 3.63) is 30.6 Å². The number of benzene rings is 1. The summed E-state index contributed by atoms with van der Waals surface area (Å²) in [6.45, 7) is 0.259. The fourth-order valence-electron chi connectivity index (χ4n) is 4.39. The average Bonchev–Trinajstić information content (AvgIpc) is 3.36. The second kappa shape index (κ2) is 9.46. The number of nitrogens with one attached hydrogen (secondary N) is 1. The van der Waals surface area contributed by atoms with Gasteiger partial charge in [-0.25, -0.2) is 13.1 Å². The van der Waals surface area contributed by atoms with E-state index >= 15 is 0 Å². The summed E-state index contributed by atoms with van der Waals surface area (Å²) in [5.74, 6) is 0.103. The summed E-state index contributed by atoms with van der Waals surface area (Å²) >= 11 is 0. The van der Waals surface area contributed by atoms with Crippen molar-refractivity contribution in [1.29, 1.82) is 0 Å². The van der Waals surface area contributed by atoms with Gasteiger partial charge in [0.1, 0.15) is 16.7 Å². The lowest BCUT2D eigenvalue weighted by Crippen LogP contribution is -2.47. The van der Waals surface area contributed by atoms with Gasteiger partial charge < -0.3 is 9.84 Å². The number of aliphatic hydroxyl groups is 1. The molecule has 188 valence electrons. The molecule has 3 heterocycles. The minimum absolute atomic E-state index is 0.0932. The van der Waals surface area contributed by atoms with Gasteiger partial charge in [-0.2, -0.15) is 18.3 Å². The van der Waals surface area contributed by atoms with Crippen molar-refractivity contribution in [3.63, 3.8) is 0 Å². The third kappa shape index (κ3) is 5.71. The van der Waals surface area contributed by atoms with Crippen molar-refractivity contribution < 1.29 is 31.4 Å². The minimum Gasteiger partial charge on any atom is -0.486 e. The lowest BCUT2D eigenvalue weighted by molar-refractivity contribution is -0.137. The fourth-order valence-corrected chi connectivity index (χ4v) is 5.58. The van der Waals surface area contributed by atoms with E-state index in [-0.39, 0.29) is 42.9 Å². The Balaban J connectivity index is 1.70. The highest BCUT2D eigenvalue weighted by Crippen LogP contribution is 2.33. The highest BCUT2D eigenvalue weighted by Gasteiger charge is 2.40. The Morgan fingerprint density at radius 3 is 2.65 bits per heavy atom. The molecule has 0 bridgehead atoms. The van der Waals surface area contributed by atoms with Gasteiger partial charge in [-0.3, -0.25) is 14.5 Å². The number of halogens is 3. The topological polar surface area (TPSA) is 99.9 Å². The van der Waals surface area contributed by atoms with Crippen LogP contribution in [0.15, 0.2) is 35.5 Å². The molecule has 2 aromatic rings. The Labute approximate surface area is 196 Å². The van der Waals surface area contributed by atoms with Crippen LogP contribution in [0.25, 0.3) is 11.1 Å². The number of hydrogen-bond acceptors (Lipinski definition) is 7. The summed E-state index contributed by atoms with van der Waals surface area (Å²) in [6, 6.07) is 4.34. The summed E-state index contributed by atoms with van der Waals surface area (Å²) in [7, 11) is -0.501. The Bertz CT molecular complexity index is 1120. The molecule has 34 heavy (non-hydrogen) atoms. The molecule has 2 aliphatic rings. The average molecular weight is 504 g/mol. The number of ether oxygens (including phenoxy) is 1. The highest BCUT2D eigenvalue weighted by atomic mass is 32.2. The minimum atomic E-state index is -4.28. The predicted molar refractivity (Wildman–Crippen MR) is 118 cm³/mol. The lowest BCUT2D eigenvalue weighted by Gasteiger charge is -2.30. The molecule has 3 atom stereocenters. The van der Waals surface area contributed by atoms with Gasteiger partial charge in [-0.15, -0.1) is 0 Å². The van der Waals surface area contributed by atoms with E-state index in [1.807, 2.05) is 4.90 Å². The monoisotopic (exact) mass is 503 g/mol. The maximum atomic E-state index is 13.0. The standard InChI is InChI=1S/C21H28F3N5O4S/c1-27-11-16(30)9-26-34(31,32)20-4-3-14(15-8-25-28(2)10-15)7-18(20)33-19-13-29(12-17(19)27)6-5-21(22,23)24/h3-4,7-8,10,16-17,19,26,30H,5-6,9,11-13H2,1-2H3/t16-,17+,19-/m0/s1. The predicted octanol–water partition coefficient (Wildman–Crippen LogP) is 1.06. The number of alkyl halides is 3. The smallest absolute Gasteiger partial charge is 0.390 e. The van der Waals surface area contributed by atoms with Crippen molar-refractivity contribution in [1.82, 2.24) is 24.3 Å². The van der Waals surface area contributed by atoms with Crippen LogP contribution in [0.2, 0.25) is 0 Å². The molecule has 0 radical (unpaired) electrons. The number of rotatable bonds is 3. The molecule has 1 saturated heterocycles. The number of likely N-dealkylation sites (N-methyl/N-ethyl adjacent to an activating group) is 1. The number of aliphatic hydroxyl groups excluding tert-OH is 1. The molecule has 0 unspecified atom stereocenters. The zero-order chi connectivity index (χ0) is 24.7. The van der Waals surface area contributed by atoms with E-state index in [9.17, 15) is 26.7 Å². The van der Waals surface area contributed by atoms with Gasteiger partial charge in [0.05, 0.1) is 24.8 Å². The molecule has 0 saturated carbocycles. The van der Waals surface area contributed by atoms with Gasteiger partial charge >= 0.3 is 6.18 Å². The Hall–Kier alpha value is -2.19. The molecule has 0 amide bonds. The first kappa shape index (κ1) is 24.9. The molecule has 1 aromatic heterocycles. The highest BCUT2D eigenvalue weighted by molar-refractivity contribution is 7.89. The van der Waals surface area contributed by atoms with Gasteiger partial charge in [0.25, 0.3) is 0 Å². The van der Waals surface area contributed by atoms with Gasteiger partial charge in [-0.1, -0.05) is 6.07 Å². The van der Waals surface area contributed by atoms with E-state index in [0.29, 0.717) is 12.1 Å². The quantitative estimate of drug-likeness (QED) is 0.646. The molecule has 13 heteroatoms. The number of fused-ring (bicyclic) bond motifs is 2. The van der Waals surface area contributed by atoms with Crippen molar-refractivity contribution in [2.75, 3.05) is 39.8 Å². The SMILES string of the molecule is CN1C[C@@H](O)CNS(=O)(=O)c2ccc(-c3cnn(C)c3)cc2O[C@H]2CN(CCC(F)(F)F)C[C@H]21. The van der Waals surface area contributed by atoms with E-state index in [2.05, 4.69) is 9.82 Å². The normalized spacial score (nSPS) is 26.4. The molecule has 0 spiro atoms. The number of sulfonamides is 1. The van der Waals surface area contributed by atoms with E-state index in [1.165, 1.54) is 6.07 Å². The first-order chi connectivity index (χ1) is 15.9. The molecule has 2 aliphatic heterocycles. The van der Waals surface area contributed by atoms with Gasteiger partial charge in [0.2, 0.25) is 10.0 Å². The van der Waals surface area contributed by atoms with E-state index in [0.717, 1.165) is 5.56 Å². The van der Waals surface area contributed by atoms with E-state index in [1.54, 1.807) is 48.2 Å². The van der Waals surface area contributed by atoms with Crippen LogP contribution in [0, 0.1) is 0 Å². The van der Waals surface area contributed by atoms with Crippen LogP contribution in [-0.2, 0) is 17.1 Å². The molecular formula is C21H28F3N5O4S. The third-order valence-corrected chi connectivity index (χ3v) is 7.61. The summed E-state index contributed by atoms with van der Waals surface area (Å²) in [6.07, 6.45) is -3.40. The third-order valence-electron chi connectivity index (χ3n) is 6.15. The van der Waals surface area contributed by atoms with Crippen molar-refractivity contribution in [2.24, 2.45) is 7.05 Å². The Kier molecular flexibility index (Phi) is 6.93. The zero-order valence-electron chi connectivity index (χ0n) is 18.9. The molecule has 4 rings (SSSR count). The number of aromatic nitrogens is 2. The van der Waals surface area contributed by atoms with Gasteiger partial charge in [0.15, 0.2) is 0 Å². The number of nitrogens with zero attached hydrogens (tertiary/aromatic N) is 4. The first-order valence-corrected chi connectivity index (χ1v) is 12.4. The molecule has 0 aliphatic carbocycles. The maximum absolute atomic E-state index is 13.0. The van der Waals surface area contributed by atoms with Crippen LogP contribution in [0.3, 0.4) is 0 Å². The van der Waals surface area contributed by atoms with Gasteiger partial charge in [-0.05, 0) is 24.7 Å². The number of hydrogen-bond donors (Lipinski definition) is 2. The Morgan fingerprint density at radius 2 is 1.97 bits per heavy atom. The number of likely N-dealkylation sites (tertiary alicyclic amines) is 1. The molecule has 1 aromatic carbocycles. The van der Waals surface area contributed by atoms with Crippen LogP contribution in [0.4, 0.5) is 13.2 Å². The van der Waals surface area contributed by atoms with Crippen LogP contribution in [-0.4, -0.2) is 97.3 Å². The van der Waals surface area contributed by atoms with Crippen LogP contribution < -0.4 is 9.46 Å². The largest absolute Gasteiger partial charge is 0.486 e. The summed E-state index contributed by atoms with van der Waals surface area (Å²) < 4.78 is 74.7. The summed E-state index contributed by atoms with van der Waals surface area (Å²) in [5.41, 5.74) is 1.45. The van der Waals surface area contributed by atoms with Crippen LogP contribution >= 0.6 is 0 Å². The second-order valence-electron chi connectivity index (χ2n) is 8.86. The summed E-state index contributed by atoms with van der Waals surface area (Å²) in [4.78, 5) is 3.38. The number of aryl methyl sites for hydroxylation is 1. The Morgan fingerprint density at radius 1 is 1.21 bits per heavy atom. The lowest BCUT2D eigenvalue weighted by atomic mass is 10.1. The summed E-state index contributed by atoms with van der Waals surface area (Å²) in [5, 5.41) is 14.5. The fraction of sp³-hybridized carbons (Fsp3) is 0.571. The maximum Gasteiger partial charge on any atom is 0.390 e. The van der Waals surface area contributed by atoms with E-state index in [4.69, 9.17) is 4.74 Å². The molecule has 9 nitrogen and oxygen atoms in total. The first-order valence-electron chi connectivity index (χ1n) is 10.9.